The second-order valence-electron chi connectivity index (χ2n) is 6.79. The Balaban J connectivity index is 2.55. The Morgan fingerprint density at radius 2 is 2.00 bits per heavy atom. The number of benzene rings is 1. The first-order chi connectivity index (χ1) is 14.0. The number of halogens is 3. The molecule has 0 spiro atoms. The third-order valence-corrected chi connectivity index (χ3v) is 5.79. The highest BCUT2D eigenvalue weighted by atomic mass is 79.9. The van der Waals surface area contributed by atoms with Gasteiger partial charge in [-0.3, -0.25) is 9.36 Å². The SMILES string of the molecule is CCCCN(c1nc(OCc2ccc(F)cc2F)c(Br)c(=O)n1C(C)C)S(N)(=O)=O. The molecule has 2 rings (SSSR count). The van der Waals surface area contributed by atoms with E-state index in [-0.39, 0.29) is 35.0 Å². The Bertz CT molecular complexity index is 1080. The number of unbranched alkanes of at least 4 members (excludes halogenated alkanes) is 1. The second-order valence-corrected chi connectivity index (χ2v) is 9.06. The van der Waals surface area contributed by atoms with Crippen molar-refractivity contribution in [1.29, 1.82) is 0 Å². The predicted molar refractivity (Wildman–Crippen MR) is 113 cm³/mol. The Morgan fingerprint density at radius 1 is 1.33 bits per heavy atom. The lowest BCUT2D eigenvalue weighted by Gasteiger charge is -2.26. The zero-order valence-corrected chi connectivity index (χ0v) is 19.1. The number of nitrogens with zero attached hydrogens (tertiary/aromatic N) is 3. The zero-order valence-electron chi connectivity index (χ0n) is 16.7. The summed E-state index contributed by atoms with van der Waals surface area (Å²) in [6.45, 7) is 4.91. The molecule has 0 atom stereocenters. The van der Waals surface area contributed by atoms with E-state index < -0.39 is 33.4 Å². The van der Waals surface area contributed by atoms with Gasteiger partial charge in [0.25, 0.3) is 5.56 Å². The molecule has 0 bridgehead atoms. The normalized spacial score (nSPS) is 11.7. The number of hydrogen-bond donors (Lipinski definition) is 1. The average Bonchev–Trinajstić information content (AvgIpc) is 2.63. The van der Waals surface area contributed by atoms with Gasteiger partial charge in [-0.15, -0.1) is 0 Å². The maximum Gasteiger partial charge on any atom is 0.301 e. The van der Waals surface area contributed by atoms with Gasteiger partial charge in [-0.2, -0.15) is 13.4 Å². The van der Waals surface area contributed by atoms with Crippen molar-refractivity contribution in [2.75, 3.05) is 10.8 Å². The van der Waals surface area contributed by atoms with Crippen LogP contribution in [0.4, 0.5) is 14.7 Å². The van der Waals surface area contributed by atoms with Crippen LogP contribution in [0.2, 0.25) is 0 Å². The van der Waals surface area contributed by atoms with Crippen molar-refractivity contribution in [3.8, 4) is 5.88 Å². The molecule has 30 heavy (non-hydrogen) atoms. The van der Waals surface area contributed by atoms with Crippen LogP contribution in [0.3, 0.4) is 0 Å². The van der Waals surface area contributed by atoms with E-state index in [1.54, 1.807) is 13.8 Å². The van der Waals surface area contributed by atoms with Gasteiger partial charge in [0.15, 0.2) is 0 Å². The molecule has 0 saturated carbocycles. The summed E-state index contributed by atoms with van der Waals surface area (Å²) in [5, 5.41) is 5.36. The van der Waals surface area contributed by atoms with Crippen LogP contribution in [-0.4, -0.2) is 24.5 Å². The molecule has 0 saturated heterocycles. The lowest BCUT2D eigenvalue weighted by Crippen LogP contribution is -2.42. The summed E-state index contributed by atoms with van der Waals surface area (Å²) in [6.07, 6.45) is 1.17. The van der Waals surface area contributed by atoms with Gasteiger partial charge >= 0.3 is 10.2 Å². The summed E-state index contributed by atoms with van der Waals surface area (Å²) in [6, 6.07) is 2.54. The van der Waals surface area contributed by atoms with E-state index in [2.05, 4.69) is 20.9 Å². The minimum Gasteiger partial charge on any atom is -0.472 e. The zero-order chi connectivity index (χ0) is 22.6. The van der Waals surface area contributed by atoms with Crippen molar-refractivity contribution in [3.05, 3.63) is 50.2 Å². The van der Waals surface area contributed by atoms with E-state index in [1.165, 1.54) is 10.6 Å². The minimum absolute atomic E-state index is 0.0160. The topological polar surface area (TPSA) is 108 Å². The molecule has 166 valence electrons. The Hall–Kier alpha value is -2.05. The van der Waals surface area contributed by atoms with E-state index in [0.29, 0.717) is 18.9 Å². The molecule has 0 aliphatic carbocycles. The number of ether oxygens (including phenoxy) is 1. The van der Waals surface area contributed by atoms with Gasteiger partial charge in [0.2, 0.25) is 11.8 Å². The van der Waals surface area contributed by atoms with Crippen molar-refractivity contribution >= 4 is 32.1 Å². The van der Waals surface area contributed by atoms with Crippen LogP contribution >= 0.6 is 15.9 Å². The summed E-state index contributed by atoms with van der Waals surface area (Å²) in [5.41, 5.74) is -0.552. The van der Waals surface area contributed by atoms with Crippen LogP contribution in [0, 0.1) is 11.6 Å². The molecule has 0 radical (unpaired) electrons. The predicted octanol–water partition coefficient (Wildman–Crippen LogP) is 3.25. The Morgan fingerprint density at radius 3 is 2.53 bits per heavy atom. The number of nitrogens with two attached hydrogens (primary N) is 1. The van der Waals surface area contributed by atoms with E-state index >= 15 is 0 Å². The summed E-state index contributed by atoms with van der Waals surface area (Å²) in [7, 11) is -4.23. The molecule has 0 aliphatic rings. The van der Waals surface area contributed by atoms with Crippen LogP contribution in [-0.2, 0) is 16.8 Å². The highest BCUT2D eigenvalue weighted by Crippen LogP contribution is 2.27. The van der Waals surface area contributed by atoms with E-state index in [9.17, 15) is 22.0 Å². The van der Waals surface area contributed by atoms with Gasteiger partial charge in [-0.1, -0.05) is 13.3 Å². The number of anilines is 1. The fourth-order valence-electron chi connectivity index (χ4n) is 2.65. The first kappa shape index (κ1) is 24.2. The van der Waals surface area contributed by atoms with Gasteiger partial charge in [0, 0.05) is 24.2 Å². The van der Waals surface area contributed by atoms with E-state index in [4.69, 9.17) is 9.88 Å². The first-order valence-corrected chi connectivity index (χ1v) is 11.5. The molecule has 8 nitrogen and oxygen atoms in total. The maximum atomic E-state index is 13.9. The highest BCUT2D eigenvalue weighted by Gasteiger charge is 2.27. The molecule has 1 aromatic heterocycles. The minimum atomic E-state index is -4.23. The van der Waals surface area contributed by atoms with Crippen molar-refractivity contribution in [2.45, 2.75) is 46.3 Å². The second kappa shape index (κ2) is 9.84. The van der Waals surface area contributed by atoms with Crippen LogP contribution in [0.5, 0.6) is 5.88 Å². The lowest BCUT2D eigenvalue weighted by molar-refractivity contribution is 0.283. The van der Waals surface area contributed by atoms with E-state index in [0.717, 1.165) is 10.4 Å². The fourth-order valence-corrected chi connectivity index (χ4v) is 3.78. The van der Waals surface area contributed by atoms with Crippen molar-refractivity contribution in [1.82, 2.24) is 9.55 Å². The lowest BCUT2D eigenvalue weighted by atomic mass is 10.2. The van der Waals surface area contributed by atoms with Gasteiger partial charge in [0.1, 0.15) is 22.7 Å². The molecule has 12 heteroatoms. The fraction of sp³-hybridized carbons (Fsp3) is 0.444. The molecular weight excluding hydrogens is 486 g/mol. The summed E-state index contributed by atoms with van der Waals surface area (Å²) >= 11 is 3.12. The molecule has 2 aromatic rings. The summed E-state index contributed by atoms with van der Waals surface area (Å²) in [5.74, 6) is -2.00. The molecule has 0 fully saturated rings. The van der Waals surface area contributed by atoms with Gasteiger partial charge in [0.05, 0.1) is 0 Å². The molecule has 2 N–H and O–H groups in total. The molecular formula is C18H23BrF2N4O4S. The maximum absolute atomic E-state index is 13.9. The summed E-state index contributed by atoms with van der Waals surface area (Å²) in [4.78, 5) is 17.1. The third-order valence-electron chi connectivity index (χ3n) is 4.15. The smallest absolute Gasteiger partial charge is 0.301 e. The third kappa shape index (κ3) is 5.55. The van der Waals surface area contributed by atoms with Crippen molar-refractivity contribution < 1.29 is 21.9 Å². The van der Waals surface area contributed by atoms with Crippen LogP contribution < -0.4 is 19.7 Å². The molecule has 0 aliphatic heterocycles. The number of aromatic nitrogens is 2. The average molecular weight is 509 g/mol. The quantitative estimate of drug-likeness (QED) is 0.559. The number of hydrogen-bond acceptors (Lipinski definition) is 5. The van der Waals surface area contributed by atoms with Crippen LogP contribution in [0.1, 0.15) is 45.2 Å². The van der Waals surface area contributed by atoms with Gasteiger partial charge in [-0.05, 0) is 48.3 Å². The number of rotatable bonds is 9. The molecule has 1 aromatic carbocycles. The van der Waals surface area contributed by atoms with Gasteiger partial charge in [-0.25, -0.2) is 18.2 Å². The summed E-state index contributed by atoms with van der Waals surface area (Å²) < 4.78 is 58.8. The van der Waals surface area contributed by atoms with Gasteiger partial charge < -0.3 is 4.74 Å². The Kier molecular flexibility index (Phi) is 7.94. The largest absolute Gasteiger partial charge is 0.472 e. The molecule has 1 heterocycles. The van der Waals surface area contributed by atoms with Crippen molar-refractivity contribution in [3.63, 3.8) is 0 Å². The van der Waals surface area contributed by atoms with E-state index in [1.807, 2.05) is 6.92 Å². The Labute approximate surface area is 182 Å². The van der Waals surface area contributed by atoms with Crippen molar-refractivity contribution in [2.24, 2.45) is 5.14 Å². The highest BCUT2D eigenvalue weighted by molar-refractivity contribution is 9.10. The molecule has 0 unspecified atom stereocenters. The molecule has 0 amide bonds. The monoisotopic (exact) mass is 508 g/mol. The standard InChI is InChI=1S/C18H23BrF2N4O4S/c1-4-5-8-24(30(22,27)28)18-23-16(15(19)17(26)25(18)11(2)3)29-10-12-6-7-13(20)9-14(12)21/h6-7,9,11H,4-5,8,10H2,1-3H3,(H2,22,27,28). The van der Waals surface area contributed by atoms with Crippen LogP contribution in [0.25, 0.3) is 0 Å². The first-order valence-electron chi connectivity index (χ1n) is 9.16. The van der Waals surface area contributed by atoms with Crippen LogP contribution in [0.15, 0.2) is 27.5 Å².